The van der Waals surface area contributed by atoms with Gasteiger partial charge in [-0.3, -0.25) is 4.79 Å². The van der Waals surface area contributed by atoms with E-state index < -0.39 is 0 Å². The van der Waals surface area contributed by atoms with Crippen molar-refractivity contribution in [3.8, 4) is 0 Å². The summed E-state index contributed by atoms with van der Waals surface area (Å²) in [6.07, 6.45) is 1.11. The molecule has 0 aliphatic carbocycles. The highest BCUT2D eigenvalue weighted by Gasteiger charge is 2.12. The van der Waals surface area contributed by atoms with Crippen molar-refractivity contribution in [3.05, 3.63) is 28.2 Å². The molecule has 0 heterocycles. The average molecular weight is 342 g/mol. The first kappa shape index (κ1) is 17.0. The van der Waals surface area contributed by atoms with E-state index in [0.717, 1.165) is 29.7 Å². The van der Waals surface area contributed by atoms with Crippen molar-refractivity contribution in [1.29, 1.82) is 0 Å². The molecular weight excluding hydrogens is 318 g/mol. The van der Waals surface area contributed by atoms with Gasteiger partial charge in [0.1, 0.15) is 0 Å². The van der Waals surface area contributed by atoms with Crippen molar-refractivity contribution in [2.75, 3.05) is 39.1 Å². The number of anilines is 1. The number of carbonyl (C=O) groups excluding carboxylic acids is 1. The topological polar surface area (TPSA) is 35.6 Å². The monoisotopic (exact) mass is 341 g/mol. The Balaban J connectivity index is 2.84. The quantitative estimate of drug-likeness (QED) is 0.774. The van der Waals surface area contributed by atoms with Gasteiger partial charge in [-0.15, -0.1) is 0 Å². The van der Waals surface area contributed by atoms with Crippen molar-refractivity contribution < 1.29 is 4.79 Å². The lowest BCUT2D eigenvalue weighted by molar-refractivity contribution is -0.127. The Morgan fingerprint density at radius 2 is 2.00 bits per heavy atom. The maximum Gasteiger partial charge on any atom is 0.241 e. The molecule has 0 aromatic heterocycles. The van der Waals surface area contributed by atoms with E-state index in [1.54, 1.807) is 19.0 Å². The van der Waals surface area contributed by atoms with Gasteiger partial charge in [-0.05, 0) is 30.7 Å². The van der Waals surface area contributed by atoms with Crippen LogP contribution in [0.25, 0.3) is 0 Å². The Kier molecular flexibility index (Phi) is 7.02. The van der Waals surface area contributed by atoms with Crippen LogP contribution >= 0.6 is 15.9 Å². The summed E-state index contributed by atoms with van der Waals surface area (Å²) in [5.41, 5.74) is 2.29. The Morgan fingerprint density at radius 3 is 2.60 bits per heavy atom. The van der Waals surface area contributed by atoms with Crippen LogP contribution in [0.4, 0.5) is 5.69 Å². The van der Waals surface area contributed by atoms with E-state index >= 15 is 0 Å². The van der Waals surface area contributed by atoms with Crippen LogP contribution in [0.5, 0.6) is 0 Å². The van der Waals surface area contributed by atoms with E-state index in [1.807, 2.05) is 18.0 Å². The van der Waals surface area contributed by atoms with Crippen molar-refractivity contribution in [2.45, 2.75) is 19.9 Å². The van der Waals surface area contributed by atoms with Gasteiger partial charge in [0.05, 0.1) is 6.54 Å². The predicted octanol–water partition coefficient (Wildman–Crippen LogP) is 2.47. The molecule has 1 N–H and O–H groups in total. The molecule has 1 rings (SSSR count). The number of amides is 1. The molecule has 1 aromatic rings. The highest BCUT2D eigenvalue weighted by atomic mass is 79.9. The van der Waals surface area contributed by atoms with E-state index in [0.29, 0.717) is 6.54 Å². The molecule has 112 valence electrons. The molecule has 0 saturated carbocycles. The van der Waals surface area contributed by atoms with E-state index in [9.17, 15) is 4.79 Å². The minimum absolute atomic E-state index is 0.0972. The van der Waals surface area contributed by atoms with Crippen LogP contribution in [0.15, 0.2) is 22.7 Å². The molecular formula is C15H24BrN3O. The second kappa shape index (κ2) is 8.27. The zero-order valence-corrected chi connectivity index (χ0v) is 14.3. The number of carbonyl (C=O) groups is 1. The summed E-state index contributed by atoms with van der Waals surface area (Å²) < 4.78 is 1.02. The van der Waals surface area contributed by atoms with Crippen LogP contribution in [0.3, 0.4) is 0 Å². The van der Waals surface area contributed by atoms with Crippen LogP contribution in [0.2, 0.25) is 0 Å². The summed E-state index contributed by atoms with van der Waals surface area (Å²) in [5.74, 6) is 0.0972. The van der Waals surface area contributed by atoms with Gasteiger partial charge < -0.3 is 15.1 Å². The molecule has 0 fully saturated rings. The van der Waals surface area contributed by atoms with Crippen molar-refractivity contribution in [3.63, 3.8) is 0 Å². The molecule has 5 heteroatoms. The van der Waals surface area contributed by atoms with Crippen LogP contribution in [-0.4, -0.2) is 45.0 Å². The van der Waals surface area contributed by atoms with Gasteiger partial charge in [0.25, 0.3) is 0 Å². The number of hydrogen-bond acceptors (Lipinski definition) is 3. The smallest absolute Gasteiger partial charge is 0.241 e. The van der Waals surface area contributed by atoms with Gasteiger partial charge in [0.15, 0.2) is 0 Å². The average Bonchev–Trinajstić information content (AvgIpc) is 2.40. The van der Waals surface area contributed by atoms with Gasteiger partial charge in [-0.1, -0.05) is 28.9 Å². The van der Waals surface area contributed by atoms with Crippen LogP contribution in [0, 0.1) is 0 Å². The predicted molar refractivity (Wildman–Crippen MR) is 88.1 cm³/mol. The van der Waals surface area contributed by atoms with Crippen LogP contribution in [-0.2, 0) is 11.3 Å². The molecule has 0 aliphatic heterocycles. The summed E-state index contributed by atoms with van der Waals surface area (Å²) in [6, 6.07) is 6.19. The molecule has 4 nitrogen and oxygen atoms in total. The number of hydrogen-bond donors (Lipinski definition) is 1. The lowest BCUT2D eigenvalue weighted by Gasteiger charge is -2.24. The number of rotatable bonds is 7. The minimum Gasteiger partial charge on any atom is -0.365 e. The van der Waals surface area contributed by atoms with Gasteiger partial charge in [-0.25, -0.2) is 0 Å². The molecule has 20 heavy (non-hydrogen) atoms. The standard InChI is InChI=1S/C15H24BrN3O/c1-5-8-17-10-12-6-7-13(16)9-14(12)19(4)11-15(20)18(2)3/h6-7,9,17H,5,8,10-11H2,1-4H3. The number of likely N-dealkylation sites (N-methyl/N-ethyl adjacent to an activating group) is 2. The highest BCUT2D eigenvalue weighted by Crippen LogP contribution is 2.24. The molecule has 0 unspecified atom stereocenters. The third kappa shape index (κ3) is 5.13. The summed E-state index contributed by atoms with van der Waals surface area (Å²) in [5, 5.41) is 3.40. The SMILES string of the molecule is CCCNCc1ccc(Br)cc1N(C)CC(=O)N(C)C. The first-order valence-electron chi connectivity index (χ1n) is 6.86. The van der Waals surface area contributed by atoms with E-state index in [2.05, 4.69) is 40.3 Å². The van der Waals surface area contributed by atoms with Crippen LogP contribution in [0.1, 0.15) is 18.9 Å². The van der Waals surface area contributed by atoms with Gasteiger partial charge in [0.2, 0.25) is 5.91 Å². The maximum atomic E-state index is 11.8. The molecule has 0 aliphatic rings. The molecule has 0 saturated heterocycles. The fraction of sp³-hybridized carbons (Fsp3) is 0.533. The number of benzene rings is 1. The minimum atomic E-state index is 0.0972. The van der Waals surface area contributed by atoms with Crippen molar-refractivity contribution in [2.24, 2.45) is 0 Å². The second-order valence-corrected chi connectivity index (χ2v) is 6.01. The molecule has 0 radical (unpaired) electrons. The van der Waals surface area contributed by atoms with Crippen LogP contribution < -0.4 is 10.2 Å². The molecule has 0 bridgehead atoms. The summed E-state index contributed by atoms with van der Waals surface area (Å²) in [7, 11) is 5.51. The lowest BCUT2D eigenvalue weighted by Crippen LogP contribution is -2.35. The molecule has 1 aromatic carbocycles. The highest BCUT2D eigenvalue weighted by molar-refractivity contribution is 9.10. The van der Waals surface area contributed by atoms with E-state index in [1.165, 1.54) is 5.56 Å². The fourth-order valence-corrected chi connectivity index (χ4v) is 2.22. The maximum absolute atomic E-state index is 11.8. The molecule has 1 amide bonds. The first-order valence-corrected chi connectivity index (χ1v) is 7.65. The summed E-state index contributed by atoms with van der Waals surface area (Å²) >= 11 is 3.50. The zero-order chi connectivity index (χ0) is 15.1. The van der Waals surface area contributed by atoms with E-state index in [4.69, 9.17) is 0 Å². The summed E-state index contributed by atoms with van der Waals surface area (Å²) in [4.78, 5) is 15.5. The zero-order valence-electron chi connectivity index (χ0n) is 12.7. The van der Waals surface area contributed by atoms with Crippen molar-refractivity contribution >= 4 is 27.5 Å². The normalized spacial score (nSPS) is 10.4. The third-order valence-corrected chi connectivity index (χ3v) is 3.57. The second-order valence-electron chi connectivity index (χ2n) is 5.09. The van der Waals surface area contributed by atoms with Gasteiger partial charge >= 0.3 is 0 Å². The number of nitrogens with one attached hydrogen (secondary N) is 1. The number of halogens is 1. The third-order valence-electron chi connectivity index (χ3n) is 3.07. The first-order chi connectivity index (χ1) is 9.45. The largest absolute Gasteiger partial charge is 0.365 e. The Labute approximate surface area is 130 Å². The fourth-order valence-electron chi connectivity index (χ4n) is 1.87. The van der Waals surface area contributed by atoms with E-state index in [-0.39, 0.29) is 5.91 Å². The van der Waals surface area contributed by atoms with Gasteiger partial charge in [-0.2, -0.15) is 0 Å². The Hall–Kier alpha value is -1.07. The Morgan fingerprint density at radius 1 is 1.30 bits per heavy atom. The lowest BCUT2D eigenvalue weighted by atomic mass is 10.1. The molecule has 0 atom stereocenters. The Bertz CT molecular complexity index is 449. The summed E-state index contributed by atoms with van der Waals surface area (Å²) in [6.45, 7) is 4.34. The van der Waals surface area contributed by atoms with Gasteiger partial charge in [0, 0.05) is 37.8 Å². The van der Waals surface area contributed by atoms with Crippen molar-refractivity contribution in [1.82, 2.24) is 10.2 Å². The molecule has 0 spiro atoms. The number of nitrogens with zero attached hydrogens (tertiary/aromatic N) is 2.